The topological polar surface area (TPSA) is 90.8 Å². The van der Waals surface area contributed by atoms with E-state index in [0.717, 1.165) is 32.4 Å². The third-order valence-electron chi connectivity index (χ3n) is 5.65. The van der Waals surface area contributed by atoms with E-state index in [0.29, 0.717) is 18.8 Å². The van der Waals surface area contributed by atoms with Gasteiger partial charge in [0.1, 0.15) is 11.4 Å². The molecule has 0 radical (unpaired) electrons. The number of carboxylic acids is 1. The van der Waals surface area contributed by atoms with Crippen molar-refractivity contribution in [2.75, 3.05) is 26.2 Å². The van der Waals surface area contributed by atoms with Crippen molar-refractivity contribution < 1.29 is 19.5 Å². The van der Waals surface area contributed by atoms with E-state index in [9.17, 15) is 14.4 Å². The molecule has 1 saturated carbocycles. The largest absolute Gasteiger partial charge is 0.481 e. The van der Waals surface area contributed by atoms with Gasteiger partial charge in [-0.05, 0) is 43.2 Å². The van der Waals surface area contributed by atoms with E-state index in [4.69, 9.17) is 5.11 Å². The highest BCUT2D eigenvalue weighted by molar-refractivity contribution is 5.96. The van der Waals surface area contributed by atoms with Crippen LogP contribution in [0.15, 0.2) is 18.2 Å². The number of amides is 2. The van der Waals surface area contributed by atoms with Gasteiger partial charge in [-0.3, -0.25) is 14.4 Å². The quantitative estimate of drug-likeness (QED) is 0.888. The molecule has 3 aliphatic rings. The van der Waals surface area contributed by atoms with Crippen LogP contribution in [-0.2, 0) is 4.79 Å². The van der Waals surface area contributed by atoms with E-state index in [2.05, 4.69) is 4.98 Å². The second kappa shape index (κ2) is 6.13. The van der Waals surface area contributed by atoms with Crippen LogP contribution in [0.3, 0.4) is 0 Å². The van der Waals surface area contributed by atoms with Gasteiger partial charge >= 0.3 is 5.97 Å². The zero-order valence-electron chi connectivity index (χ0n) is 13.9. The smallest absolute Gasteiger partial charge is 0.307 e. The molecular weight excluding hydrogens is 322 g/mol. The highest BCUT2D eigenvalue weighted by Crippen LogP contribution is 2.51. The molecule has 1 aromatic rings. The van der Waals surface area contributed by atoms with Gasteiger partial charge in [-0.1, -0.05) is 6.07 Å². The molecule has 2 aliphatic heterocycles. The molecule has 3 heterocycles. The highest BCUT2D eigenvalue weighted by Gasteiger charge is 2.57. The van der Waals surface area contributed by atoms with E-state index >= 15 is 0 Å². The lowest BCUT2D eigenvalue weighted by atomic mass is 10.1. The van der Waals surface area contributed by atoms with Crippen molar-refractivity contribution in [3.8, 4) is 0 Å². The Bertz CT molecular complexity index is 729. The molecule has 2 saturated heterocycles. The van der Waals surface area contributed by atoms with Crippen molar-refractivity contribution in [1.29, 1.82) is 0 Å². The number of carbonyl (C=O) groups excluding carboxylic acids is 2. The van der Waals surface area contributed by atoms with E-state index in [1.54, 1.807) is 28.0 Å². The van der Waals surface area contributed by atoms with Crippen LogP contribution in [0.25, 0.3) is 0 Å². The van der Waals surface area contributed by atoms with Crippen LogP contribution in [0.4, 0.5) is 0 Å². The minimum Gasteiger partial charge on any atom is -0.481 e. The summed E-state index contributed by atoms with van der Waals surface area (Å²) in [6.45, 7) is 2.50. The van der Waals surface area contributed by atoms with Crippen molar-refractivity contribution in [3.63, 3.8) is 0 Å². The molecule has 1 N–H and O–H groups in total. The number of carbonyl (C=O) groups is 3. The Balaban J connectivity index is 1.46. The van der Waals surface area contributed by atoms with Crippen LogP contribution in [0.5, 0.6) is 0 Å². The monoisotopic (exact) mass is 343 g/mol. The first kappa shape index (κ1) is 16.1. The Morgan fingerprint density at radius 3 is 2.24 bits per heavy atom. The molecule has 3 atom stereocenters. The van der Waals surface area contributed by atoms with Gasteiger partial charge in [-0.2, -0.15) is 0 Å². The van der Waals surface area contributed by atoms with Crippen molar-refractivity contribution in [2.24, 2.45) is 17.8 Å². The summed E-state index contributed by atoms with van der Waals surface area (Å²) in [5, 5.41) is 9.17. The SMILES string of the molecule is O=C(O)[C@@H]1[C@@H]2CCN(C(=O)c3cccc(C(=O)N4CCCC4)n3)C[C@@H]21. The maximum atomic E-state index is 12.7. The fourth-order valence-corrected chi connectivity index (χ4v) is 4.21. The van der Waals surface area contributed by atoms with Gasteiger partial charge in [0.15, 0.2) is 0 Å². The normalized spacial score (nSPS) is 27.8. The summed E-state index contributed by atoms with van der Waals surface area (Å²) < 4.78 is 0. The summed E-state index contributed by atoms with van der Waals surface area (Å²) in [4.78, 5) is 44.1. The molecule has 1 aliphatic carbocycles. The van der Waals surface area contributed by atoms with Crippen molar-refractivity contribution in [1.82, 2.24) is 14.8 Å². The van der Waals surface area contributed by atoms with Crippen LogP contribution in [-0.4, -0.2) is 63.9 Å². The predicted octanol–water partition coefficient (Wildman–Crippen LogP) is 1.11. The summed E-state index contributed by atoms with van der Waals surface area (Å²) in [5.41, 5.74) is 0.563. The number of nitrogens with zero attached hydrogens (tertiary/aromatic N) is 3. The first-order valence-electron chi connectivity index (χ1n) is 8.84. The molecular formula is C18H21N3O4. The Hall–Kier alpha value is -2.44. The van der Waals surface area contributed by atoms with E-state index in [1.807, 2.05) is 0 Å². The minimum absolute atomic E-state index is 0.0598. The maximum Gasteiger partial charge on any atom is 0.307 e. The molecule has 0 aromatic carbocycles. The Kier molecular flexibility index (Phi) is 3.94. The molecule has 132 valence electrons. The number of hydrogen-bond acceptors (Lipinski definition) is 4. The minimum atomic E-state index is -0.763. The molecule has 0 bridgehead atoms. The first-order valence-corrected chi connectivity index (χ1v) is 8.84. The molecule has 0 spiro atoms. The van der Waals surface area contributed by atoms with Crippen LogP contribution >= 0.6 is 0 Å². The van der Waals surface area contributed by atoms with Crippen molar-refractivity contribution in [3.05, 3.63) is 29.6 Å². The number of piperidine rings is 1. The van der Waals surface area contributed by atoms with Crippen LogP contribution in [0.1, 0.15) is 40.2 Å². The standard InChI is InChI=1S/C18H21N3O4/c22-16(20-7-1-2-8-20)13-4-3-5-14(19-13)17(23)21-9-6-11-12(10-21)15(11)18(24)25/h3-5,11-12,15H,1-2,6-10H2,(H,24,25)/t11-,12+,15-/m1/s1. The highest BCUT2D eigenvalue weighted by atomic mass is 16.4. The molecule has 25 heavy (non-hydrogen) atoms. The zero-order chi connectivity index (χ0) is 17.6. The third-order valence-corrected chi connectivity index (χ3v) is 5.65. The summed E-state index contributed by atoms with van der Waals surface area (Å²) in [7, 11) is 0. The van der Waals surface area contributed by atoms with Crippen LogP contribution < -0.4 is 0 Å². The van der Waals surface area contributed by atoms with E-state index < -0.39 is 5.97 Å². The zero-order valence-corrected chi connectivity index (χ0v) is 13.9. The third kappa shape index (κ3) is 2.88. The lowest BCUT2D eigenvalue weighted by Crippen LogP contribution is -2.37. The van der Waals surface area contributed by atoms with Crippen molar-refractivity contribution in [2.45, 2.75) is 19.3 Å². The van der Waals surface area contributed by atoms with Crippen LogP contribution in [0.2, 0.25) is 0 Å². The maximum absolute atomic E-state index is 12.7. The van der Waals surface area contributed by atoms with Gasteiger partial charge in [0, 0.05) is 26.2 Å². The van der Waals surface area contributed by atoms with Gasteiger partial charge in [0.05, 0.1) is 5.92 Å². The summed E-state index contributed by atoms with van der Waals surface area (Å²) in [6, 6.07) is 4.95. The summed E-state index contributed by atoms with van der Waals surface area (Å²) in [6.07, 6.45) is 2.73. The number of hydrogen-bond donors (Lipinski definition) is 1. The number of aromatic nitrogens is 1. The van der Waals surface area contributed by atoms with Gasteiger partial charge in [0.25, 0.3) is 11.8 Å². The first-order chi connectivity index (χ1) is 12.1. The summed E-state index contributed by atoms with van der Waals surface area (Å²) in [5.74, 6) is -1.15. The van der Waals surface area contributed by atoms with Gasteiger partial charge < -0.3 is 14.9 Å². The lowest BCUT2D eigenvalue weighted by Gasteiger charge is -2.26. The second-order valence-corrected chi connectivity index (χ2v) is 7.14. The Morgan fingerprint density at radius 2 is 1.60 bits per heavy atom. The molecule has 2 amide bonds. The molecule has 1 aromatic heterocycles. The number of pyridine rings is 1. The predicted molar refractivity (Wildman–Crippen MR) is 88.0 cm³/mol. The molecule has 7 nitrogen and oxygen atoms in total. The number of carboxylic acid groups (broad SMARTS) is 1. The van der Waals surface area contributed by atoms with Crippen LogP contribution in [0, 0.1) is 17.8 Å². The fourth-order valence-electron chi connectivity index (χ4n) is 4.21. The van der Waals surface area contributed by atoms with E-state index in [-0.39, 0.29) is 35.3 Å². The molecule has 3 fully saturated rings. The molecule has 7 heteroatoms. The van der Waals surface area contributed by atoms with Gasteiger partial charge in [0.2, 0.25) is 0 Å². The summed E-state index contributed by atoms with van der Waals surface area (Å²) >= 11 is 0. The molecule has 4 rings (SSSR count). The van der Waals surface area contributed by atoms with E-state index in [1.165, 1.54) is 0 Å². The second-order valence-electron chi connectivity index (χ2n) is 7.14. The number of likely N-dealkylation sites (tertiary alicyclic amines) is 2. The average molecular weight is 343 g/mol. The van der Waals surface area contributed by atoms with Gasteiger partial charge in [-0.25, -0.2) is 4.98 Å². The van der Waals surface area contributed by atoms with Crippen molar-refractivity contribution >= 4 is 17.8 Å². The fraction of sp³-hybridized carbons (Fsp3) is 0.556. The number of fused-ring (bicyclic) bond motifs is 1. The number of rotatable bonds is 3. The Morgan fingerprint density at radius 1 is 0.960 bits per heavy atom. The lowest BCUT2D eigenvalue weighted by molar-refractivity contribution is -0.139. The average Bonchev–Trinajstić information content (AvgIpc) is 3.09. The molecule has 0 unspecified atom stereocenters. The number of aliphatic carboxylic acids is 1. The van der Waals surface area contributed by atoms with Gasteiger partial charge in [-0.15, -0.1) is 0 Å². The Labute approximate surface area is 145 Å².